The molecular formula is C24H37N7O. The van der Waals surface area contributed by atoms with Gasteiger partial charge >= 0.3 is 0 Å². The first-order valence-corrected chi connectivity index (χ1v) is 11.3. The van der Waals surface area contributed by atoms with Gasteiger partial charge in [-0.25, -0.2) is 4.98 Å². The highest BCUT2D eigenvalue weighted by atomic mass is 16.3. The lowest BCUT2D eigenvalue weighted by molar-refractivity contribution is 0.200. The maximum atomic E-state index is 9.05. The molecule has 2 aliphatic rings. The zero-order valence-electron chi connectivity index (χ0n) is 19.6. The minimum atomic E-state index is 0.358. The lowest BCUT2D eigenvalue weighted by atomic mass is 9.96. The molecule has 0 aromatic carbocycles. The zero-order chi connectivity index (χ0) is 22.9. The Morgan fingerprint density at radius 3 is 2.69 bits per heavy atom. The van der Waals surface area contributed by atoms with Crippen LogP contribution < -0.4 is 5.32 Å². The Balaban J connectivity index is 0.000000136. The number of aliphatic hydroxyl groups excluding tert-OH is 1. The monoisotopic (exact) mass is 439 g/mol. The van der Waals surface area contributed by atoms with E-state index in [0.717, 1.165) is 63.3 Å². The van der Waals surface area contributed by atoms with E-state index in [-0.39, 0.29) is 0 Å². The average molecular weight is 440 g/mol. The third-order valence-corrected chi connectivity index (χ3v) is 5.95. The first-order valence-electron chi connectivity index (χ1n) is 11.3. The maximum Gasteiger partial charge on any atom is 0.137 e. The number of H-pyrrole nitrogens is 1. The first-order chi connectivity index (χ1) is 15.5. The number of likely N-dealkylation sites (N-methyl/N-ethyl adjacent to an activating group) is 1. The van der Waals surface area contributed by atoms with Crippen LogP contribution in [0.15, 0.2) is 49.1 Å². The topological polar surface area (TPSA) is 84.7 Å². The molecule has 3 N–H and O–H groups in total. The summed E-state index contributed by atoms with van der Waals surface area (Å²) in [6.07, 6.45) is 9.20. The fourth-order valence-corrected chi connectivity index (χ4v) is 3.96. The van der Waals surface area contributed by atoms with E-state index in [1.807, 2.05) is 48.2 Å². The molecule has 0 saturated carbocycles. The Hall–Kier alpha value is -2.68. The standard InChI is InChI=1S/C9H11N3.C8H15NO.C7H11N3/c1-10-6-8-7-12-5-3-2-4-9(12)11-8;1-7(10)8-3-5-9(2)6-4-8;1-10-3-2-7-6(5-10)4-8-9-7/h2-5,7,10H,6H2,1H3;8,10H,1,3-6H2,2H3;4H,2-3,5H2,1H3,(H,8,9). The number of aromatic amines is 1. The minimum Gasteiger partial charge on any atom is -0.513 e. The fraction of sp³-hybridized carbons (Fsp3) is 0.500. The number of pyridine rings is 1. The van der Waals surface area contributed by atoms with Gasteiger partial charge < -0.3 is 24.6 Å². The molecule has 0 aliphatic carbocycles. The molecule has 32 heavy (non-hydrogen) atoms. The third kappa shape index (κ3) is 6.91. The van der Waals surface area contributed by atoms with Crippen molar-refractivity contribution in [1.29, 1.82) is 0 Å². The van der Waals surface area contributed by atoms with Crippen LogP contribution in [-0.2, 0) is 19.5 Å². The number of nitrogens with zero attached hydrogens (tertiary/aromatic N) is 5. The molecule has 0 bridgehead atoms. The van der Waals surface area contributed by atoms with Gasteiger partial charge in [-0.15, -0.1) is 0 Å². The van der Waals surface area contributed by atoms with Gasteiger partial charge in [-0.3, -0.25) is 5.10 Å². The van der Waals surface area contributed by atoms with Crippen molar-refractivity contribution in [2.45, 2.75) is 32.4 Å². The summed E-state index contributed by atoms with van der Waals surface area (Å²) in [7, 11) is 6.16. The average Bonchev–Trinajstić information content (AvgIpc) is 3.41. The van der Waals surface area contributed by atoms with Gasteiger partial charge in [-0.1, -0.05) is 12.6 Å². The Morgan fingerprint density at radius 1 is 1.22 bits per heavy atom. The molecule has 0 atom stereocenters. The van der Waals surface area contributed by atoms with Crippen molar-refractivity contribution in [2.24, 2.45) is 5.92 Å². The normalized spacial score (nSPS) is 17.1. The number of likely N-dealkylation sites (tertiary alicyclic amines) is 1. The lowest BCUT2D eigenvalue weighted by Crippen LogP contribution is -2.30. The van der Waals surface area contributed by atoms with Crippen molar-refractivity contribution in [1.82, 2.24) is 34.7 Å². The quantitative estimate of drug-likeness (QED) is 0.544. The Kier molecular flexibility index (Phi) is 8.84. The van der Waals surface area contributed by atoms with Crippen molar-refractivity contribution < 1.29 is 5.11 Å². The zero-order valence-corrected chi connectivity index (χ0v) is 19.6. The van der Waals surface area contributed by atoms with E-state index >= 15 is 0 Å². The lowest BCUT2D eigenvalue weighted by Gasteiger charge is -2.27. The predicted octanol–water partition coefficient (Wildman–Crippen LogP) is 2.85. The van der Waals surface area contributed by atoms with Gasteiger partial charge in [0.15, 0.2) is 0 Å². The van der Waals surface area contributed by atoms with Crippen LogP contribution in [0.4, 0.5) is 0 Å². The highest BCUT2D eigenvalue weighted by Gasteiger charge is 2.18. The van der Waals surface area contributed by atoms with Crippen LogP contribution in [0.2, 0.25) is 0 Å². The van der Waals surface area contributed by atoms with E-state index in [1.54, 1.807) is 0 Å². The van der Waals surface area contributed by atoms with Crippen molar-refractivity contribution in [3.05, 3.63) is 66.1 Å². The molecule has 5 heterocycles. The highest BCUT2D eigenvalue weighted by molar-refractivity contribution is 5.39. The smallest absolute Gasteiger partial charge is 0.137 e. The SMILES string of the molecule is C=C(O)C1CCN(C)CC1.CN1CCc2[nH]ncc2C1.CNCc1cn2ccccc2n1. The molecule has 5 rings (SSSR count). The molecule has 0 radical (unpaired) electrons. The number of imidazole rings is 1. The summed E-state index contributed by atoms with van der Waals surface area (Å²) in [4.78, 5) is 8.98. The highest BCUT2D eigenvalue weighted by Crippen LogP contribution is 2.20. The van der Waals surface area contributed by atoms with Gasteiger partial charge in [-0.2, -0.15) is 5.10 Å². The number of aromatic nitrogens is 4. The summed E-state index contributed by atoms with van der Waals surface area (Å²) < 4.78 is 2.02. The van der Waals surface area contributed by atoms with Crippen LogP contribution >= 0.6 is 0 Å². The number of aliphatic hydroxyl groups is 1. The van der Waals surface area contributed by atoms with Crippen LogP contribution in [0.3, 0.4) is 0 Å². The van der Waals surface area contributed by atoms with Gasteiger partial charge in [0.25, 0.3) is 0 Å². The second-order valence-electron chi connectivity index (χ2n) is 8.66. The van der Waals surface area contributed by atoms with Crippen LogP contribution in [-0.4, -0.2) is 75.3 Å². The molecular weight excluding hydrogens is 402 g/mol. The van der Waals surface area contributed by atoms with Crippen LogP contribution in [0.25, 0.3) is 5.65 Å². The molecule has 174 valence electrons. The number of hydrogen-bond donors (Lipinski definition) is 3. The van der Waals surface area contributed by atoms with E-state index in [2.05, 4.69) is 51.0 Å². The number of allylic oxidation sites excluding steroid dienone is 1. The molecule has 3 aromatic heterocycles. The predicted molar refractivity (Wildman–Crippen MR) is 129 cm³/mol. The molecule has 0 amide bonds. The summed E-state index contributed by atoms with van der Waals surface area (Å²) in [5.74, 6) is 0.726. The molecule has 8 nitrogen and oxygen atoms in total. The second kappa shape index (κ2) is 11.8. The summed E-state index contributed by atoms with van der Waals surface area (Å²) in [6, 6.07) is 5.99. The van der Waals surface area contributed by atoms with E-state index in [4.69, 9.17) is 5.11 Å². The van der Waals surface area contributed by atoms with E-state index in [9.17, 15) is 0 Å². The Morgan fingerprint density at radius 2 is 2.00 bits per heavy atom. The van der Waals surface area contributed by atoms with E-state index in [0.29, 0.717) is 11.7 Å². The van der Waals surface area contributed by atoms with Crippen molar-refractivity contribution in [3.8, 4) is 0 Å². The molecule has 1 saturated heterocycles. The number of piperidine rings is 1. The van der Waals surface area contributed by atoms with Crippen molar-refractivity contribution >= 4 is 5.65 Å². The molecule has 0 spiro atoms. The van der Waals surface area contributed by atoms with Gasteiger partial charge in [0.1, 0.15) is 5.65 Å². The van der Waals surface area contributed by atoms with Gasteiger partial charge in [0.05, 0.1) is 17.6 Å². The van der Waals surface area contributed by atoms with Crippen molar-refractivity contribution in [3.63, 3.8) is 0 Å². The van der Waals surface area contributed by atoms with E-state index < -0.39 is 0 Å². The largest absolute Gasteiger partial charge is 0.513 e. The van der Waals surface area contributed by atoms with E-state index in [1.165, 1.54) is 11.3 Å². The van der Waals surface area contributed by atoms with Crippen LogP contribution in [0.5, 0.6) is 0 Å². The number of hydrogen-bond acceptors (Lipinski definition) is 6. The van der Waals surface area contributed by atoms with Crippen LogP contribution in [0.1, 0.15) is 29.8 Å². The summed E-state index contributed by atoms with van der Waals surface area (Å²) >= 11 is 0. The molecule has 0 unspecified atom stereocenters. The van der Waals surface area contributed by atoms with Gasteiger partial charge in [0, 0.05) is 55.6 Å². The molecule has 1 fully saturated rings. The summed E-state index contributed by atoms with van der Waals surface area (Å²) in [6.45, 7) is 8.73. The fourth-order valence-electron chi connectivity index (χ4n) is 3.96. The van der Waals surface area contributed by atoms with Crippen molar-refractivity contribution in [2.75, 3.05) is 40.8 Å². The number of rotatable bonds is 3. The summed E-state index contributed by atoms with van der Waals surface area (Å²) in [5, 5.41) is 19.1. The number of nitrogens with one attached hydrogen (secondary N) is 2. The Labute approximate surface area is 191 Å². The maximum absolute atomic E-state index is 9.05. The molecule has 3 aromatic rings. The number of fused-ring (bicyclic) bond motifs is 2. The Bertz CT molecular complexity index is 939. The minimum absolute atomic E-state index is 0.358. The second-order valence-corrected chi connectivity index (χ2v) is 8.66. The van der Waals surface area contributed by atoms with Gasteiger partial charge in [0.2, 0.25) is 0 Å². The van der Waals surface area contributed by atoms with Crippen LogP contribution in [0, 0.1) is 5.92 Å². The first kappa shape index (κ1) is 24.0. The third-order valence-electron chi connectivity index (χ3n) is 5.95. The summed E-state index contributed by atoms with van der Waals surface area (Å²) in [5.41, 5.74) is 4.75. The molecule has 2 aliphatic heterocycles. The van der Waals surface area contributed by atoms with Gasteiger partial charge in [-0.05, 0) is 59.2 Å². The molecule has 8 heteroatoms.